The molecule has 0 bridgehead atoms. The SMILES string of the molecule is SSN1CCc2cccnc2C1. The van der Waals surface area contributed by atoms with E-state index in [9.17, 15) is 0 Å². The van der Waals surface area contributed by atoms with Gasteiger partial charge in [-0.05, 0) is 29.0 Å². The van der Waals surface area contributed by atoms with Crippen LogP contribution in [0, 0.1) is 0 Å². The number of hydrogen-bond acceptors (Lipinski definition) is 4. The fourth-order valence-electron chi connectivity index (χ4n) is 1.40. The molecule has 12 heavy (non-hydrogen) atoms. The van der Waals surface area contributed by atoms with Gasteiger partial charge in [0.2, 0.25) is 0 Å². The van der Waals surface area contributed by atoms with Gasteiger partial charge in [0.15, 0.2) is 0 Å². The molecule has 1 aliphatic heterocycles. The molecule has 0 saturated carbocycles. The summed E-state index contributed by atoms with van der Waals surface area (Å²) in [7, 11) is 1.50. The van der Waals surface area contributed by atoms with E-state index in [2.05, 4.69) is 27.0 Å². The summed E-state index contributed by atoms with van der Waals surface area (Å²) < 4.78 is 2.21. The van der Waals surface area contributed by atoms with E-state index >= 15 is 0 Å². The summed E-state index contributed by atoms with van der Waals surface area (Å²) in [5.41, 5.74) is 2.58. The van der Waals surface area contributed by atoms with Crippen molar-refractivity contribution >= 4 is 22.6 Å². The monoisotopic (exact) mass is 198 g/mol. The van der Waals surface area contributed by atoms with Gasteiger partial charge < -0.3 is 0 Å². The predicted octanol–water partition coefficient (Wildman–Crippen LogP) is 1.93. The molecule has 0 aliphatic carbocycles. The van der Waals surface area contributed by atoms with Gasteiger partial charge in [-0.2, -0.15) is 0 Å². The number of rotatable bonds is 1. The van der Waals surface area contributed by atoms with E-state index in [0.29, 0.717) is 0 Å². The largest absolute Gasteiger partial charge is 0.260 e. The van der Waals surface area contributed by atoms with Crippen LogP contribution in [0.5, 0.6) is 0 Å². The van der Waals surface area contributed by atoms with E-state index in [1.54, 1.807) is 0 Å². The van der Waals surface area contributed by atoms with Gasteiger partial charge in [0.25, 0.3) is 0 Å². The summed E-state index contributed by atoms with van der Waals surface area (Å²) in [6.07, 6.45) is 2.95. The molecule has 0 amide bonds. The van der Waals surface area contributed by atoms with E-state index < -0.39 is 0 Å². The smallest absolute Gasteiger partial charge is 0.0586 e. The van der Waals surface area contributed by atoms with Gasteiger partial charge >= 0.3 is 0 Å². The van der Waals surface area contributed by atoms with Crippen LogP contribution in [0.15, 0.2) is 18.3 Å². The third-order valence-electron chi connectivity index (χ3n) is 2.06. The van der Waals surface area contributed by atoms with Crippen LogP contribution >= 0.6 is 22.6 Å². The van der Waals surface area contributed by atoms with Gasteiger partial charge in [-0.3, -0.25) is 4.98 Å². The number of aromatic nitrogens is 1. The topological polar surface area (TPSA) is 16.1 Å². The van der Waals surface area contributed by atoms with Crippen molar-refractivity contribution in [2.45, 2.75) is 13.0 Å². The van der Waals surface area contributed by atoms with Crippen molar-refractivity contribution in [1.82, 2.24) is 9.29 Å². The Morgan fingerprint density at radius 2 is 2.50 bits per heavy atom. The number of thiol groups is 1. The van der Waals surface area contributed by atoms with Crippen LogP contribution in [-0.4, -0.2) is 15.8 Å². The number of hydrogen-bond donors (Lipinski definition) is 1. The first-order valence-corrected chi connectivity index (χ1v) is 5.72. The van der Waals surface area contributed by atoms with Gasteiger partial charge in [0, 0.05) is 12.7 Å². The highest BCUT2D eigenvalue weighted by atomic mass is 33.1. The third kappa shape index (κ3) is 1.60. The second-order valence-corrected chi connectivity index (χ2v) is 3.97. The number of nitrogens with zero attached hydrogens (tertiary/aromatic N) is 2. The number of fused-ring (bicyclic) bond motifs is 1. The maximum atomic E-state index is 4.33. The maximum Gasteiger partial charge on any atom is 0.0586 e. The summed E-state index contributed by atoms with van der Waals surface area (Å²) in [6.45, 7) is 2.00. The highest BCUT2D eigenvalue weighted by Crippen LogP contribution is 2.23. The van der Waals surface area contributed by atoms with Crippen molar-refractivity contribution in [1.29, 1.82) is 0 Å². The van der Waals surface area contributed by atoms with Gasteiger partial charge in [-0.25, -0.2) is 4.31 Å². The van der Waals surface area contributed by atoms with Crippen LogP contribution in [-0.2, 0) is 13.0 Å². The summed E-state index contributed by atoms with van der Waals surface area (Å²) >= 11 is 4.17. The highest BCUT2D eigenvalue weighted by Gasteiger charge is 2.15. The molecule has 0 saturated heterocycles. The Kier molecular flexibility index (Phi) is 2.58. The molecule has 2 nitrogen and oxygen atoms in total. The van der Waals surface area contributed by atoms with Crippen molar-refractivity contribution in [3.8, 4) is 0 Å². The molecule has 1 aromatic heterocycles. The molecule has 2 heterocycles. The molecular formula is C8H10N2S2. The lowest BCUT2D eigenvalue weighted by molar-refractivity contribution is 0.440. The molecule has 0 spiro atoms. The molecule has 0 unspecified atom stereocenters. The molecule has 0 atom stereocenters. The Balaban J connectivity index is 2.23. The fourth-order valence-corrected chi connectivity index (χ4v) is 2.17. The first-order valence-electron chi connectivity index (χ1n) is 3.89. The van der Waals surface area contributed by atoms with E-state index in [4.69, 9.17) is 0 Å². The standard InChI is InChI=1S/C8H10N2S2/c11-12-10-5-3-7-2-1-4-9-8(7)6-10/h1-2,4,11H,3,5-6H2. The van der Waals surface area contributed by atoms with Crippen molar-refractivity contribution in [2.75, 3.05) is 6.54 Å². The average Bonchev–Trinajstić information content (AvgIpc) is 2.17. The second-order valence-electron chi connectivity index (χ2n) is 2.80. The Labute approximate surface area is 81.3 Å². The normalized spacial score (nSPS) is 17.4. The molecule has 0 fully saturated rings. The van der Waals surface area contributed by atoms with Crippen molar-refractivity contribution in [3.05, 3.63) is 29.6 Å². The van der Waals surface area contributed by atoms with Gasteiger partial charge in [-0.15, -0.1) is 0 Å². The highest BCUT2D eigenvalue weighted by molar-refractivity contribution is 8.67. The third-order valence-corrected chi connectivity index (χ3v) is 3.29. The Morgan fingerprint density at radius 1 is 1.58 bits per heavy atom. The number of pyridine rings is 1. The molecule has 1 aliphatic rings. The Bertz CT molecular complexity index is 278. The van der Waals surface area contributed by atoms with Gasteiger partial charge in [0.05, 0.1) is 12.2 Å². The van der Waals surface area contributed by atoms with Gasteiger partial charge in [-0.1, -0.05) is 17.7 Å². The molecule has 64 valence electrons. The fraction of sp³-hybridized carbons (Fsp3) is 0.375. The zero-order valence-corrected chi connectivity index (χ0v) is 8.31. The second kappa shape index (κ2) is 3.68. The zero-order valence-electron chi connectivity index (χ0n) is 6.60. The quantitative estimate of drug-likeness (QED) is 0.422. The van der Waals surface area contributed by atoms with Crippen molar-refractivity contribution in [2.24, 2.45) is 0 Å². The molecule has 4 heteroatoms. The van der Waals surface area contributed by atoms with E-state index in [1.807, 2.05) is 12.3 Å². The van der Waals surface area contributed by atoms with E-state index in [0.717, 1.165) is 19.5 Å². The Hall–Kier alpha value is -0.190. The van der Waals surface area contributed by atoms with Gasteiger partial charge in [0.1, 0.15) is 0 Å². The minimum absolute atomic E-state index is 0.921. The minimum atomic E-state index is 0.921. The van der Waals surface area contributed by atoms with E-state index in [1.165, 1.54) is 22.2 Å². The lowest BCUT2D eigenvalue weighted by Gasteiger charge is -2.24. The molecule has 0 N–H and O–H groups in total. The van der Waals surface area contributed by atoms with Crippen LogP contribution in [0.3, 0.4) is 0 Å². The van der Waals surface area contributed by atoms with Crippen LogP contribution in [0.4, 0.5) is 0 Å². The van der Waals surface area contributed by atoms with E-state index in [-0.39, 0.29) is 0 Å². The summed E-state index contributed by atoms with van der Waals surface area (Å²) in [5, 5.41) is 0. The van der Waals surface area contributed by atoms with Crippen LogP contribution in [0.25, 0.3) is 0 Å². The van der Waals surface area contributed by atoms with Crippen molar-refractivity contribution < 1.29 is 0 Å². The summed E-state index contributed by atoms with van der Waals surface area (Å²) in [6, 6.07) is 4.16. The molecule has 1 aromatic rings. The summed E-state index contributed by atoms with van der Waals surface area (Å²) in [5.74, 6) is 0. The molecule has 2 rings (SSSR count). The molecular weight excluding hydrogens is 188 g/mol. The first-order chi connectivity index (χ1) is 5.90. The lowest BCUT2D eigenvalue weighted by Crippen LogP contribution is -2.24. The van der Waals surface area contributed by atoms with Crippen LogP contribution in [0.1, 0.15) is 11.3 Å². The molecule has 0 radical (unpaired) electrons. The molecule has 0 aromatic carbocycles. The minimum Gasteiger partial charge on any atom is -0.260 e. The van der Waals surface area contributed by atoms with Crippen molar-refractivity contribution in [3.63, 3.8) is 0 Å². The predicted molar refractivity (Wildman–Crippen MR) is 54.9 cm³/mol. The lowest BCUT2D eigenvalue weighted by atomic mass is 10.1. The maximum absolute atomic E-state index is 4.33. The Morgan fingerprint density at radius 3 is 3.33 bits per heavy atom. The summed E-state index contributed by atoms with van der Waals surface area (Å²) in [4.78, 5) is 4.33. The zero-order chi connectivity index (χ0) is 8.39. The van der Waals surface area contributed by atoms with Crippen LogP contribution in [0.2, 0.25) is 0 Å². The average molecular weight is 198 g/mol. The van der Waals surface area contributed by atoms with Crippen LogP contribution < -0.4 is 0 Å². The first kappa shape index (κ1) is 8.41.